The van der Waals surface area contributed by atoms with Crippen LogP contribution in [0.5, 0.6) is 0 Å². The van der Waals surface area contributed by atoms with Crippen LogP contribution < -0.4 is 69.3 Å². The first kappa shape index (κ1) is 27.9. The van der Waals surface area contributed by atoms with Gasteiger partial charge in [0.2, 0.25) is 0 Å². The summed E-state index contributed by atoms with van der Waals surface area (Å²) in [5.41, 5.74) is 1.16. The largest absolute Gasteiger partial charge is 1.00 e. The Morgan fingerprint density at radius 2 is 1.47 bits per heavy atom. The van der Waals surface area contributed by atoms with Crippen molar-refractivity contribution in [3.05, 3.63) is 83.9 Å². The van der Waals surface area contributed by atoms with Crippen molar-refractivity contribution in [3.63, 3.8) is 0 Å². The van der Waals surface area contributed by atoms with Gasteiger partial charge in [0.25, 0.3) is 5.91 Å². The van der Waals surface area contributed by atoms with E-state index in [-0.39, 0.29) is 65.5 Å². The zero-order chi connectivity index (χ0) is 21.5. The number of amides is 1. The number of fused-ring (bicyclic) bond motifs is 1. The van der Waals surface area contributed by atoms with Crippen LogP contribution in [-0.4, -0.2) is 35.3 Å². The van der Waals surface area contributed by atoms with Crippen LogP contribution in [0.2, 0.25) is 0 Å². The maximum Gasteiger partial charge on any atom is 1.00 e. The topological polar surface area (TPSA) is 101 Å². The number of rotatable bonds is 6. The molecule has 3 aromatic carbocycles. The summed E-state index contributed by atoms with van der Waals surface area (Å²) in [4.78, 5) is 36.1. The minimum absolute atomic E-state index is 0. The molecule has 0 aliphatic heterocycles. The van der Waals surface area contributed by atoms with E-state index in [9.17, 15) is 24.6 Å². The van der Waals surface area contributed by atoms with Gasteiger partial charge in [-0.2, -0.15) is 0 Å². The van der Waals surface area contributed by atoms with E-state index < -0.39 is 30.4 Å². The summed E-state index contributed by atoms with van der Waals surface area (Å²) in [7, 11) is 0. The van der Waals surface area contributed by atoms with E-state index in [0.717, 1.165) is 10.8 Å². The maximum absolute atomic E-state index is 12.6. The van der Waals surface area contributed by atoms with Crippen LogP contribution in [0, 0.1) is 11.8 Å². The van der Waals surface area contributed by atoms with Gasteiger partial charge >= 0.3 is 59.1 Å². The van der Waals surface area contributed by atoms with Crippen LogP contribution in [0.4, 0.5) is 0 Å². The summed E-state index contributed by atoms with van der Waals surface area (Å²) in [6.45, 7) is -0.906. The average Bonchev–Trinajstić information content (AvgIpc) is 2.74. The normalized spacial score (nSPS) is 10.5. The fraction of sp³-hybridized carbons (Fsp3) is 0.125. The number of aliphatic carboxylic acids is 2. The van der Waals surface area contributed by atoms with Crippen molar-refractivity contribution in [1.82, 2.24) is 4.90 Å². The SMILES string of the molecule is O=C([O-])CN(C(=O)C#Cc1ccc2ccccc2c1)C(Cc1ccccc1)C(=O)[O-].[Na+].[Na+]. The molecule has 32 heavy (non-hydrogen) atoms. The van der Waals surface area contributed by atoms with Gasteiger partial charge in [0.1, 0.15) is 0 Å². The number of carbonyl (C=O) groups excluding carboxylic acids is 3. The summed E-state index contributed by atoms with van der Waals surface area (Å²) in [5, 5.41) is 24.8. The molecule has 0 fully saturated rings. The molecule has 3 aromatic rings. The standard InChI is InChI=1S/C24H19NO5.2Na/c26-22(13-11-18-10-12-19-8-4-5-9-20(19)14-18)25(16-23(27)28)21(24(29)30)15-17-6-2-1-3-7-17;;/h1-10,12,14,21H,15-16H2,(H,27,28)(H,29,30);;/q;2*+1/p-2. The van der Waals surface area contributed by atoms with E-state index in [1.807, 2.05) is 30.3 Å². The molecule has 0 radical (unpaired) electrons. The third-order valence-corrected chi connectivity index (χ3v) is 4.54. The molecule has 1 unspecified atom stereocenters. The maximum atomic E-state index is 12.6. The van der Waals surface area contributed by atoms with E-state index in [1.54, 1.807) is 42.5 Å². The third-order valence-electron chi connectivity index (χ3n) is 4.54. The Balaban J connectivity index is 0.00000256. The van der Waals surface area contributed by atoms with Crippen LogP contribution in [-0.2, 0) is 20.8 Å². The number of carboxylic acid groups (broad SMARTS) is 2. The van der Waals surface area contributed by atoms with Crippen molar-refractivity contribution in [3.8, 4) is 11.8 Å². The number of hydrogen-bond donors (Lipinski definition) is 0. The van der Waals surface area contributed by atoms with E-state index in [0.29, 0.717) is 16.0 Å². The van der Waals surface area contributed by atoms with Crippen LogP contribution in [0.15, 0.2) is 72.8 Å². The molecule has 1 amide bonds. The number of benzene rings is 3. The van der Waals surface area contributed by atoms with Gasteiger partial charge in [0.15, 0.2) is 0 Å². The molecule has 0 aromatic heterocycles. The van der Waals surface area contributed by atoms with Crippen molar-refractivity contribution < 1.29 is 83.7 Å². The summed E-state index contributed by atoms with van der Waals surface area (Å²) in [6.07, 6.45) is -0.111. The van der Waals surface area contributed by atoms with Crippen LogP contribution in [0.1, 0.15) is 11.1 Å². The van der Waals surface area contributed by atoms with E-state index in [4.69, 9.17) is 0 Å². The van der Waals surface area contributed by atoms with Crippen LogP contribution in [0.3, 0.4) is 0 Å². The average molecular weight is 445 g/mol. The molecule has 0 saturated heterocycles. The van der Waals surface area contributed by atoms with Crippen LogP contribution >= 0.6 is 0 Å². The van der Waals surface area contributed by atoms with Gasteiger partial charge in [-0.3, -0.25) is 4.79 Å². The predicted molar refractivity (Wildman–Crippen MR) is 106 cm³/mol. The van der Waals surface area contributed by atoms with E-state index in [2.05, 4.69) is 11.8 Å². The molecule has 0 bridgehead atoms. The fourth-order valence-electron chi connectivity index (χ4n) is 3.09. The van der Waals surface area contributed by atoms with Crippen molar-refractivity contribution in [2.75, 3.05) is 6.54 Å². The Hall–Kier alpha value is -2.11. The van der Waals surface area contributed by atoms with Gasteiger partial charge in [-0.05, 0) is 34.9 Å². The van der Waals surface area contributed by atoms with Gasteiger partial charge in [-0.15, -0.1) is 0 Å². The smallest absolute Gasteiger partial charge is 0.548 e. The second-order valence-corrected chi connectivity index (χ2v) is 6.64. The fourth-order valence-corrected chi connectivity index (χ4v) is 3.09. The van der Waals surface area contributed by atoms with E-state index >= 15 is 0 Å². The summed E-state index contributed by atoms with van der Waals surface area (Å²) in [6, 6.07) is 20.0. The Kier molecular flexibility index (Phi) is 11.7. The zero-order valence-corrected chi connectivity index (χ0v) is 21.9. The second kappa shape index (κ2) is 13.4. The summed E-state index contributed by atoms with van der Waals surface area (Å²) >= 11 is 0. The third kappa shape index (κ3) is 7.79. The van der Waals surface area contributed by atoms with Gasteiger partial charge in [-0.25, -0.2) is 0 Å². The molecule has 3 rings (SSSR count). The molecular weight excluding hydrogens is 428 g/mol. The van der Waals surface area contributed by atoms with Crippen LogP contribution in [0.25, 0.3) is 10.8 Å². The summed E-state index contributed by atoms with van der Waals surface area (Å²) < 4.78 is 0. The number of nitrogens with zero attached hydrogens (tertiary/aromatic N) is 1. The monoisotopic (exact) mass is 445 g/mol. The molecule has 0 heterocycles. The number of carboxylic acids is 2. The number of hydrogen-bond acceptors (Lipinski definition) is 5. The van der Waals surface area contributed by atoms with Gasteiger partial charge in [0, 0.05) is 11.5 Å². The minimum atomic E-state index is -1.59. The molecule has 0 aliphatic rings. The molecule has 8 heteroatoms. The quantitative estimate of drug-likeness (QED) is 0.278. The molecule has 150 valence electrons. The van der Waals surface area contributed by atoms with Gasteiger partial charge in [0.05, 0.1) is 24.5 Å². The zero-order valence-electron chi connectivity index (χ0n) is 17.9. The first-order valence-electron chi connectivity index (χ1n) is 9.20. The number of carbonyl (C=O) groups is 3. The van der Waals surface area contributed by atoms with Crippen molar-refractivity contribution >= 4 is 28.6 Å². The molecule has 0 spiro atoms. The first-order chi connectivity index (χ1) is 14.4. The van der Waals surface area contributed by atoms with E-state index in [1.165, 1.54) is 0 Å². The minimum Gasteiger partial charge on any atom is -0.548 e. The van der Waals surface area contributed by atoms with Crippen molar-refractivity contribution in [2.24, 2.45) is 0 Å². The molecule has 6 nitrogen and oxygen atoms in total. The Bertz CT molecular complexity index is 1160. The Labute approximate surface area is 230 Å². The molecular formula is C24H17NNa2O5. The summed E-state index contributed by atoms with van der Waals surface area (Å²) in [5.74, 6) is 0.936. The predicted octanol–water partition coefficient (Wildman–Crippen LogP) is -5.86. The Morgan fingerprint density at radius 3 is 2.09 bits per heavy atom. The van der Waals surface area contributed by atoms with Gasteiger partial charge < -0.3 is 24.7 Å². The first-order valence-corrected chi connectivity index (χ1v) is 9.20. The molecule has 0 N–H and O–H groups in total. The van der Waals surface area contributed by atoms with Gasteiger partial charge in [-0.1, -0.05) is 66.6 Å². The Morgan fingerprint density at radius 1 is 0.844 bits per heavy atom. The molecule has 0 aliphatic carbocycles. The van der Waals surface area contributed by atoms with Crippen molar-refractivity contribution in [1.29, 1.82) is 0 Å². The molecule has 0 saturated carbocycles. The molecule has 1 atom stereocenters. The van der Waals surface area contributed by atoms with Crippen molar-refractivity contribution in [2.45, 2.75) is 12.5 Å². The second-order valence-electron chi connectivity index (χ2n) is 6.64.